The molecule has 9 atom stereocenters. The van der Waals surface area contributed by atoms with Crippen molar-refractivity contribution in [3.63, 3.8) is 0 Å². The standard InChI is InChI=1S/C27H36O7/c1-7-27(31)11-9-20-23-21(33-16(3)29)13-18-12-19(32-15(2)28)8-10-25(18,5)24(23)22(34-17(4)30)14-26(20,27)6/h1,13,19-24,31H,8-12,14H2,2-6H3/t19-,20-,21-,22?,23+,24?,25-,26-,27-/m0/s1. The van der Waals surface area contributed by atoms with Gasteiger partial charge in [-0.3, -0.25) is 14.4 Å². The third-order valence-corrected chi connectivity index (χ3v) is 9.32. The van der Waals surface area contributed by atoms with E-state index in [1.165, 1.54) is 20.8 Å². The molecule has 186 valence electrons. The predicted molar refractivity (Wildman–Crippen MR) is 123 cm³/mol. The van der Waals surface area contributed by atoms with Gasteiger partial charge in [0.05, 0.1) is 0 Å². The van der Waals surface area contributed by atoms with Crippen LogP contribution in [0.25, 0.3) is 0 Å². The lowest BCUT2D eigenvalue weighted by atomic mass is 9.45. The van der Waals surface area contributed by atoms with Crippen LogP contribution in [0.15, 0.2) is 11.6 Å². The zero-order chi connectivity index (χ0) is 25.1. The number of ether oxygens (including phenoxy) is 3. The summed E-state index contributed by atoms with van der Waals surface area (Å²) in [6, 6.07) is 0. The number of hydrogen-bond acceptors (Lipinski definition) is 7. The van der Waals surface area contributed by atoms with E-state index in [0.717, 1.165) is 12.0 Å². The van der Waals surface area contributed by atoms with Gasteiger partial charge in [-0.1, -0.05) is 25.3 Å². The topological polar surface area (TPSA) is 99.1 Å². The number of rotatable bonds is 3. The molecule has 0 aliphatic heterocycles. The highest BCUT2D eigenvalue weighted by Crippen LogP contribution is 2.68. The summed E-state index contributed by atoms with van der Waals surface area (Å²) in [7, 11) is 0. The van der Waals surface area contributed by atoms with Crippen molar-refractivity contribution in [1.29, 1.82) is 0 Å². The molecule has 0 spiro atoms. The van der Waals surface area contributed by atoms with Crippen LogP contribution in [0.4, 0.5) is 0 Å². The van der Waals surface area contributed by atoms with Gasteiger partial charge in [-0.2, -0.15) is 0 Å². The third-order valence-electron chi connectivity index (χ3n) is 9.32. The summed E-state index contributed by atoms with van der Waals surface area (Å²) in [5.74, 6) is 1.27. The second kappa shape index (κ2) is 8.41. The van der Waals surface area contributed by atoms with E-state index in [1.807, 2.05) is 13.0 Å². The molecule has 2 unspecified atom stereocenters. The van der Waals surface area contributed by atoms with Gasteiger partial charge in [0.2, 0.25) is 0 Å². The summed E-state index contributed by atoms with van der Waals surface area (Å²) in [5.41, 5.74) is -1.25. The van der Waals surface area contributed by atoms with E-state index < -0.39 is 29.2 Å². The summed E-state index contributed by atoms with van der Waals surface area (Å²) < 4.78 is 17.4. The second-order valence-corrected chi connectivity index (χ2v) is 11.2. The van der Waals surface area contributed by atoms with Crippen molar-refractivity contribution in [2.24, 2.45) is 28.6 Å². The maximum absolute atomic E-state index is 12.2. The maximum atomic E-state index is 12.2. The molecule has 0 aromatic heterocycles. The van der Waals surface area contributed by atoms with Gasteiger partial charge in [0.25, 0.3) is 0 Å². The van der Waals surface area contributed by atoms with Crippen molar-refractivity contribution in [2.45, 2.75) is 97.1 Å². The Balaban J connectivity index is 1.84. The minimum atomic E-state index is -1.32. The highest BCUT2D eigenvalue weighted by molar-refractivity contribution is 5.67. The van der Waals surface area contributed by atoms with Crippen molar-refractivity contribution in [1.82, 2.24) is 0 Å². The fourth-order valence-electron chi connectivity index (χ4n) is 7.88. The highest BCUT2D eigenvalue weighted by atomic mass is 16.6. The SMILES string of the molecule is C#C[C@]1(O)CC[C@H]2[C@H]3C(C(OC(C)=O)C[C@@]21C)[C@@]1(C)CC[C@H](OC(C)=O)CC1=C[C@@H]3OC(C)=O. The van der Waals surface area contributed by atoms with Gasteiger partial charge in [-0.15, -0.1) is 6.42 Å². The molecule has 0 amide bonds. The minimum Gasteiger partial charge on any atom is -0.462 e. The Morgan fingerprint density at radius 2 is 1.68 bits per heavy atom. The average Bonchev–Trinajstić information content (AvgIpc) is 2.98. The van der Waals surface area contributed by atoms with Gasteiger partial charge in [-0.25, -0.2) is 0 Å². The molecule has 0 saturated heterocycles. The molecule has 4 rings (SSSR count). The molecule has 0 aromatic rings. The molecule has 3 saturated carbocycles. The van der Waals surface area contributed by atoms with Crippen LogP contribution in [0.5, 0.6) is 0 Å². The molecule has 0 bridgehead atoms. The molecule has 34 heavy (non-hydrogen) atoms. The number of hydrogen-bond donors (Lipinski definition) is 1. The quantitative estimate of drug-likeness (QED) is 0.291. The maximum Gasteiger partial charge on any atom is 0.303 e. The van der Waals surface area contributed by atoms with E-state index in [9.17, 15) is 19.5 Å². The van der Waals surface area contributed by atoms with E-state index in [0.29, 0.717) is 32.1 Å². The molecule has 0 radical (unpaired) electrons. The Labute approximate surface area is 201 Å². The number of carbonyl (C=O) groups is 3. The number of terminal acetylenes is 1. The lowest BCUT2D eigenvalue weighted by Crippen LogP contribution is -2.63. The van der Waals surface area contributed by atoms with E-state index in [1.54, 1.807) is 0 Å². The summed E-state index contributed by atoms with van der Waals surface area (Å²) >= 11 is 0. The van der Waals surface area contributed by atoms with Gasteiger partial charge in [-0.05, 0) is 49.5 Å². The molecule has 3 fully saturated rings. The molecular weight excluding hydrogens is 436 g/mol. The van der Waals surface area contributed by atoms with E-state index >= 15 is 0 Å². The second-order valence-electron chi connectivity index (χ2n) is 11.2. The monoisotopic (exact) mass is 472 g/mol. The van der Waals surface area contributed by atoms with Crippen molar-refractivity contribution < 1.29 is 33.7 Å². The molecule has 0 aromatic carbocycles. The Hall–Kier alpha value is -2.33. The molecule has 0 heterocycles. The van der Waals surface area contributed by atoms with Gasteiger partial charge >= 0.3 is 17.9 Å². The summed E-state index contributed by atoms with van der Waals surface area (Å²) in [4.78, 5) is 36.0. The Morgan fingerprint density at radius 1 is 1.03 bits per heavy atom. The van der Waals surface area contributed by atoms with Crippen LogP contribution in [0.1, 0.15) is 73.1 Å². The number of fused-ring (bicyclic) bond motifs is 5. The normalized spacial score (nSPS) is 44.9. The van der Waals surface area contributed by atoms with Crippen LogP contribution in [-0.4, -0.2) is 46.9 Å². The molecule has 1 N–H and O–H groups in total. The zero-order valence-electron chi connectivity index (χ0n) is 20.8. The van der Waals surface area contributed by atoms with E-state index in [4.69, 9.17) is 20.6 Å². The van der Waals surface area contributed by atoms with Crippen LogP contribution in [0.3, 0.4) is 0 Å². The van der Waals surface area contributed by atoms with Crippen molar-refractivity contribution in [3.05, 3.63) is 11.6 Å². The van der Waals surface area contributed by atoms with Crippen molar-refractivity contribution >= 4 is 17.9 Å². The third kappa shape index (κ3) is 3.75. The minimum absolute atomic E-state index is 0.00414. The fraction of sp³-hybridized carbons (Fsp3) is 0.741. The van der Waals surface area contributed by atoms with Crippen LogP contribution < -0.4 is 0 Å². The van der Waals surface area contributed by atoms with Crippen LogP contribution >= 0.6 is 0 Å². The van der Waals surface area contributed by atoms with E-state index in [2.05, 4.69) is 12.8 Å². The first-order valence-corrected chi connectivity index (χ1v) is 12.3. The highest BCUT2D eigenvalue weighted by Gasteiger charge is 2.69. The molecule has 7 heteroatoms. The van der Waals surface area contributed by atoms with Crippen molar-refractivity contribution in [2.75, 3.05) is 0 Å². The Morgan fingerprint density at radius 3 is 2.26 bits per heavy atom. The summed E-state index contributed by atoms with van der Waals surface area (Å²) in [5, 5.41) is 11.4. The van der Waals surface area contributed by atoms with Crippen LogP contribution in [0.2, 0.25) is 0 Å². The summed E-state index contributed by atoms with van der Waals surface area (Å²) in [6.07, 6.45) is 10.2. The predicted octanol–water partition coefficient (Wildman–Crippen LogP) is 3.33. The largest absolute Gasteiger partial charge is 0.462 e. The fourth-order valence-corrected chi connectivity index (χ4v) is 7.88. The molecule has 4 aliphatic rings. The lowest BCUT2D eigenvalue weighted by Gasteiger charge is -2.61. The number of esters is 3. The van der Waals surface area contributed by atoms with Gasteiger partial charge in [0.15, 0.2) is 0 Å². The van der Waals surface area contributed by atoms with Crippen molar-refractivity contribution in [3.8, 4) is 12.3 Å². The first-order valence-electron chi connectivity index (χ1n) is 12.3. The Kier molecular flexibility index (Phi) is 6.13. The lowest BCUT2D eigenvalue weighted by molar-refractivity contribution is -0.200. The smallest absolute Gasteiger partial charge is 0.303 e. The molecule has 4 aliphatic carbocycles. The number of carbonyl (C=O) groups excluding carboxylic acids is 3. The zero-order valence-corrected chi connectivity index (χ0v) is 20.8. The van der Waals surface area contributed by atoms with Crippen LogP contribution in [-0.2, 0) is 28.6 Å². The first-order chi connectivity index (χ1) is 15.8. The Bertz CT molecular complexity index is 963. The van der Waals surface area contributed by atoms with E-state index in [-0.39, 0.29) is 41.2 Å². The van der Waals surface area contributed by atoms with Crippen LogP contribution in [0, 0.1) is 40.9 Å². The number of aliphatic hydroxyl groups is 1. The van der Waals surface area contributed by atoms with Gasteiger partial charge < -0.3 is 19.3 Å². The van der Waals surface area contributed by atoms with Gasteiger partial charge in [0.1, 0.15) is 23.9 Å². The average molecular weight is 473 g/mol. The first kappa shape index (κ1) is 24.8. The molecular formula is C27H36O7. The molecule has 7 nitrogen and oxygen atoms in total. The van der Waals surface area contributed by atoms with Gasteiger partial charge in [0, 0.05) is 44.4 Å². The summed E-state index contributed by atoms with van der Waals surface area (Å²) in [6.45, 7) is 8.37.